The molecule has 0 spiro atoms. The molecule has 0 unspecified atom stereocenters. The van der Waals surface area contributed by atoms with E-state index in [1.54, 1.807) is 13.1 Å². The number of hydrogen-bond acceptors (Lipinski definition) is 4. The van der Waals surface area contributed by atoms with Crippen LogP contribution in [-0.2, 0) is 17.3 Å². The molecule has 7 nitrogen and oxygen atoms in total. The molecular weight excluding hydrogens is 302 g/mol. The van der Waals surface area contributed by atoms with Crippen LogP contribution in [0, 0.1) is 17.2 Å². The van der Waals surface area contributed by atoms with Crippen molar-refractivity contribution in [2.75, 3.05) is 26.7 Å². The SMILES string of the molecule is C[C@@H](C#N)CN(C)S(=O)(=O)N1CCC[C@@H](c2nccn2C)C1. The predicted octanol–water partition coefficient (Wildman–Crippen LogP) is 0.936. The first kappa shape index (κ1) is 16.9. The Hall–Kier alpha value is -1.43. The second-order valence-electron chi connectivity index (χ2n) is 5.91. The zero-order valence-corrected chi connectivity index (χ0v) is 14.1. The average Bonchev–Trinajstić information content (AvgIpc) is 2.93. The molecule has 2 rings (SSSR count). The highest BCUT2D eigenvalue weighted by Gasteiger charge is 2.34. The number of rotatable bonds is 5. The molecule has 8 heteroatoms. The summed E-state index contributed by atoms with van der Waals surface area (Å²) in [5, 5.41) is 8.86. The second-order valence-corrected chi connectivity index (χ2v) is 7.95. The van der Waals surface area contributed by atoms with E-state index in [4.69, 9.17) is 5.26 Å². The van der Waals surface area contributed by atoms with E-state index in [9.17, 15) is 8.42 Å². The minimum absolute atomic E-state index is 0.116. The van der Waals surface area contributed by atoms with E-state index >= 15 is 0 Å². The largest absolute Gasteiger partial charge is 0.338 e. The van der Waals surface area contributed by atoms with E-state index in [0.717, 1.165) is 18.7 Å². The molecule has 0 bridgehead atoms. The van der Waals surface area contributed by atoms with Gasteiger partial charge in [-0.3, -0.25) is 0 Å². The highest BCUT2D eigenvalue weighted by atomic mass is 32.2. The first-order chi connectivity index (χ1) is 10.4. The van der Waals surface area contributed by atoms with Gasteiger partial charge in [0.05, 0.1) is 12.0 Å². The number of aromatic nitrogens is 2. The van der Waals surface area contributed by atoms with Gasteiger partial charge < -0.3 is 4.57 Å². The molecule has 1 aliphatic heterocycles. The monoisotopic (exact) mass is 325 g/mol. The molecule has 1 aromatic heterocycles. The lowest BCUT2D eigenvalue weighted by molar-refractivity contribution is 0.282. The molecule has 0 radical (unpaired) electrons. The minimum Gasteiger partial charge on any atom is -0.338 e. The molecule has 0 saturated carbocycles. The van der Waals surface area contributed by atoms with Gasteiger partial charge in [0.25, 0.3) is 10.2 Å². The van der Waals surface area contributed by atoms with Gasteiger partial charge in [-0.1, -0.05) is 0 Å². The Bertz CT molecular complexity index is 648. The first-order valence-corrected chi connectivity index (χ1v) is 8.84. The highest BCUT2D eigenvalue weighted by Crippen LogP contribution is 2.27. The summed E-state index contributed by atoms with van der Waals surface area (Å²) in [6.45, 7) is 2.90. The standard InChI is InChI=1S/C14H23N5O2S/c1-12(9-15)10-18(3)22(20,21)19-7-4-5-13(11-19)14-16-6-8-17(14)2/h6,8,12-13H,4-5,7,10-11H2,1-3H3/t12-,13+/m0/s1. The fourth-order valence-electron chi connectivity index (χ4n) is 2.85. The smallest absolute Gasteiger partial charge is 0.281 e. The van der Waals surface area contributed by atoms with Gasteiger partial charge in [-0.2, -0.15) is 22.3 Å². The number of hydrogen-bond donors (Lipinski definition) is 0. The van der Waals surface area contributed by atoms with Crippen LogP contribution >= 0.6 is 0 Å². The zero-order chi connectivity index (χ0) is 16.3. The van der Waals surface area contributed by atoms with Crippen molar-refractivity contribution in [3.05, 3.63) is 18.2 Å². The molecule has 0 aromatic carbocycles. The van der Waals surface area contributed by atoms with Gasteiger partial charge in [0.15, 0.2) is 0 Å². The van der Waals surface area contributed by atoms with Crippen LogP contribution in [0.5, 0.6) is 0 Å². The van der Waals surface area contributed by atoms with Crippen LogP contribution in [-0.4, -0.2) is 53.3 Å². The van der Waals surface area contributed by atoms with Crippen LogP contribution in [0.1, 0.15) is 31.5 Å². The summed E-state index contributed by atoms with van der Waals surface area (Å²) in [7, 11) is -0.0632. The maximum Gasteiger partial charge on any atom is 0.281 e. The molecule has 2 atom stereocenters. The van der Waals surface area contributed by atoms with Gasteiger partial charge in [0.1, 0.15) is 5.82 Å². The molecule has 122 valence electrons. The lowest BCUT2D eigenvalue weighted by Crippen LogP contribution is -2.47. The molecule has 1 fully saturated rings. The predicted molar refractivity (Wildman–Crippen MR) is 83.1 cm³/mol. The molecule has 0 amide bonds. The van der Waals surface area contributed by atoms with E-state index in [-0.39, 0.29) is 18.4 Å². The third kappa shape index (κ3) is 3.48. The van der Waals surface area contributed by atoms with Crippen molar-refractivity contribution in [2.45, 2.75) is 25.7 Å². The summed E-state index contributed by atoms with van der Waals surface area (Å²) < 4.78 is 30.0. The molecule has 0 aliphatic carbocycles. The van der Waals surface area contributed by atoms with E-state index in [0.29, 0.717) is 13.1 Å². The number of piperidine rings is 1. The number of imidazole rings is 1. The Morgan fingerprint density at radius 3 is 2.91 bits per heavy atom. The number of aryl methyl sites for hydroxylation is 1. The summed E-state index contributed by atoms with van der Waals surface area (Å²) in [5.74, 6) is 0.716. The molecule has 1 saturated heterocycles. The Morgan fingerprint density at radius 2 is 2.32 bits per heavy atom. The van der Waals surface area contributed by atoms with Gasteiger partial charge in [-0.05, 0) is 19.8 Å². The molecule has 0 N–H and O–H groups in total. The van der Waals surface area contributed by atoms with Gasteiger partial charge in [0.2, 0.25) is 0 Å². The van der Waals surface area contributed by atoms with Crippen LogP contribution in [0.4, 0.5) is 0 Å². The Kier molecular flexibility index (Phi) is 5.21. The van der Waals surface area contributed by atoms with Gasteiger partial charge >= 0.3 is 0 Å². The van der Waals surface area contributed by atoms with Crippen LogP contribution in [0.3, 0.4) is 0 Å². The lowest BCUT2D eigenvalue weighted by atomic mass is 9.99. The fourth-order valence-corrected chi connectivity index (χ4v) is 4.39. The molecule has 22 heavy (non-hydrogen) atoms. The van der Waals surface area contributed by atoms with E-state index in [1.807, 2.05) is 17.8 Å². The van der Waals surface area contributed by atoms with Crippen molar-refractivity contribution < 1.29 is 8.42 Å². The second kappa shape index (κ2) is 6.77. The summed E-state index contributed by atoms with van der Waals surface area (Å²) in [6.07, 6.45) is 5.38. The third-order valence-electron chi connectivity index (χ3n) is 4.08. The van der Waals surface area contributed by atoms with E-state index in [1.165, 1.54) is 15.7 Å². The van der Waals surface area contributed by atoms with Gasteiger partial charge in [-0.15, -0.1) is 0 Å². The minimum atomic E-state index is -3.53. The van der Waals surface area contributed by atoms with E-state index in [2.05, 4.69) is 11.1 Å². The number of nitriles is 1. The summed E-state index contributed by atoms with van der Waals surface area (Å²) in [6, 6.07) is 2.07. The molecular formula is C14H23N5O2S. The van der Waals surface area contributed by atoms with Crippen molar-refractivity contribution >= 4 is 10.2 Å². The summed E-state index contributed by atoms with van der Waals surface area (Å²) in [4.78, 5) is 4.35. The van der Waals surface area contributed by atoms with Crippen molar-refractivity contribution in [3.63, 3.8) is 0 Å². The van der Waals surface area contributed by atoms with Crippen molar-refractivity contribution in [1.29, 1.82) is 5.26 Å². The average molecular weight is 325 g/mol. The van der Waals surface area contributed by atoms with Gasteiger partial charge in [0, 0.05) is 52.0 Å². The maximum atomic E-state index is 12.7. The Morgan fingerprint density at radius 1 is 1.59 bits per heavy atom. The van der Waals surface area contributed by atoms with Crippen LogP contribution < -0.4 is 0 Å². The normalized spacial score (nSPS) is 21.7. The summed E-state index contributed by atoms with van der Waals surface area (Å²) in [5.41, 5.74) is 0. The third-order valence-corrected chi connectivity index (χ3v) is 6.00. The Labute approximate surface area is 132 Å². The maximum absolute atomic E-state index is 12.7. The van der Waals surface area contributed by atoms with Gasteiger partial charge in [-0.25, -0.2) is 4.98 Å². The highest BCUT2D eigenvalue weighted by molar-refractivity contribution is 7.86. The van der Waals surface area contributed by atoms with Crippen molar-refractivity contribution in [3.8, 4) is 6.07 Å². The Balaban J connectivity index is 2.11. The topological polar surface area (TPSA) is 82.2 Å². The zero-order valence-electron chi connectivity index (χ0n) is 13.3. The fraction of sp³-hybridized carbons (Fsp3) is 0.714. The molecule has 1 aliphatic rings. The molecule has 1 aromatic rings. The quantitative estimate of drug-likeness (QED) is 0.806. The molecule has 2 heterocycles. The van der Waals surface area contributed by atoms with Crippen molar-refractivity contribution in [2.24, 2.45) is 13.0 Å². The van der Waals surface area contributed by atoms with Crippen molar-refractivity contribution in [1.82, 2.24) is 18.2 Å². The van der Waals surface area contributed by atoms with E-state index < -0.39 is 10.2 Å². The van der Waals surface area contributed by atoms with Crippen LogP contribution in [0.2, 0.25) is 0 Å². The number of nitrogens with zero attached hydrogens (tertiary/aromatic N) is 5. The lowest BCUT2D eigenvalue weighted by Gasteiger charge is -2.34. The van der Waals surface area contributed by atoms with Crippen LogP contribution in [0.15, 0.2) is 12.4 Å². The van der Waals surface area contributed by atoms with Crippen LogP contribution in [0.25, 0.3) is 0 Å². The summed E-state index contributed by atoms with van der Waals surface area (Å²) >= 11 is 0. The first-order valence-electron chi connectivity index (χ1n) is 7.44.